The minimum Gasteiger partial charge on any atom is -0.383 e. The molecule has 0 aliphatic carbocycles. The highest BCUT2D eigenvalue weighted by atomic mass is 19.4. The van der Waals surface area contributed by atoms with E-state index in [1.54, 1.807) is 0 Å². The zero-order valence-corrected chi connectivity index (χ0v) is 17.0. The van der Waals surface area contributed by atoms with E-state index in [1.165, 1.54) is 20.1 Å². The maximum Gasteiger partial charge on any atom is 0.435 e. The second-order valence-corrected chi connectivity index (χ2v) is 6.71. The molecule has 0 saturated carbocycles. The summed E-state index contributed by atoms with van der Waals surface area (Å²) in [5, 5.41) is 9.38. The number of hydrogen-bond acceptors (Lipinski definition) is 7. The van der Waals surface area contributed by atoms with E-state index in [0.717, 1.165) is 16.9 Å². The number of hydrogen-bond donors (Lipinski definition) is 1. The van der Waals surface area contributed by atoms with Crippen LogP contribution in [-0.2, 0) is 23.6 Å². The minimum absolute atomic E-state index is 0.00762. The van der Waals surface area contributed by atoms with Crippen LogP contribution in [0.1, 0.15) is 40.7 Å². The van der Waals surface area contributed by atoms with Gasteiger partial charge in [0.2, 0.25) is 11.7 Å². The third-order valence-electron chi connectivity index (χ3n) is 4.28. The molecule has 1 atom stereocenters. The Kier molecular flexibility index (Phi) is 6.71. The summed E-state index contributed by atoms with van der Waals surface area (Å²) in [5.41, 5.74) is -2.82. The number of nitrogens with one attached hydrogen (secondary N) is 1. The standard InChI is InChI=1S/C18H16F6N6O3/c1-9(16-27-14(29-33-16)10-3-4-25-12(7-10)17(19,20)21)26-15(31)11-8-13(18(22,23)24)28-30(11)5-6-32-2/h3-4,7-9H,5-6H2,1-2H3,(H,26,31). The maximum atomic E-state index is 13.0. The first-order chi connectivity index (χ1) is 15.4. The van der Waals surface area contributed by atoms with Crippen molar-refractivity contribution in [2.24, 2.45) is 0 Å². The van der Waals surface area contributed by atoms with E-state index in [0.29, 0.717) is 6.07 Å². The van der Waals surface area contributed by atoms with Crippen molar-refractivity contribution in [3.8, 4) is 11.4 Å². The Bertz CT molecular complexity index is 1120. The molecule has 15 heteroatoms. The molecule has 0 saturated heterocycles. The molecule has 178 valence electrons. The third-order valence-corrected chi connectivity index (χ3v) is 4.28. The summed E-state index contributed by atoms with van der Waals surface area (Å²) in [5.74, 6) is -1.28. The van der Waals surface area contributed by atoms with Crippen LogP contribution in [0.5, 0.6) is 0 Å². The Hall–Kier alpha value is -3.49. The van der Waals surface area contributed by atoms with Gasteiger partial charge in [0.15, 0.2) is 5.69 Å². The molecule has 3 aromatic heterocycles. The molecule has 0 aliphatic rings. The first kappa shape index (κ1) is 24.2. The number of halogens is 6. The first-order valence-electron chi connectivity index (χ1n) is 9.22. The average Bonchev–Trinajstić information content (AvgIpc) is 3.39. The lowest BCUT2D eigenvalue weighted by Gasteiger charge is -2.11. The summed E-state index contributed by atoms with van der Waals surface area (Å²) >= 11 is 0. The van der Waals surface area contributed by atoms with Gasteiger partial charge < -0.3 is 14.6 Å². The van der Waals surface area contributed by atoms with Crippen LogP contribution in [0.3, 0.4) is 0 Å². The van der Waals surface area contributed by atoms with Gasteiger partial charge in [-0.3, -0.25) is 14.5 Å². The summed E-state index contributed by atoms with van der Waals surface area (Å²) in [4.78, 5) is 19.8. The molecule has 9 nitrogen and oxygen atoms in total. The van der Waals surface area contributed by atoms with Crippen LogP contribution < -0.4 is 5.32 Å². The van der Waals surface area contributed by atoms with Gasteiger partial charge in [-0.2, -0.15) is 36.4 Å². The van der Waals surface area contributed by atoms with Gasteiger partial charge in [-0.05, 0) is 19.1 Å². The molecule has 0 bridgehead atoms. The zero-order valence-electron chi connectivity index (χ0n) is 17.0. The van der Waals surface area contributed by atoms with Crippen molar-refractivity contribution in [3.63, 3.8) is 0 Å². The fourth-order valence-electron chi connectivity index (χ4n) is 2.67. The van der Waals surface area contributed by atoms with Crippen molar-refractivity contribution >= 4 is 5.91 Å². The minimum atomic E-state index is -4.76. The largest absolute Gasteiger partial charge is 0.435 e. The van der Waals surface area contributed by atoms with Gasteiger partial charge in [-0.15, -0.1) is 0 Å². The third kappa shape index (κ3) is 5.66. The molecule has 1 N–H and O–H groups in total. The van der Waals surface area contributed by atoms with E-state index in [9.17, 15) is 31.1 Å². The zero-order chi connectivity index (χ0) is 24.4. The molecule has 1 amide bonds. The number of aromatic nitrogens is 5. The van der Waals surface area contributed by atoms with Crippen LogP contribution in [0.2, 0.25) is 0 Å². The SMILES string of the molecule is COCCn1nc(C(F)(F)F)cc1C(=O)NC(C)c1nc(-c2ccnc(C(F)(F)F)c2)no1. The fraction of sp³-hybridized carbons (Fsp3) is 0.389. The summed E-state index contributed by atoms with van der Waals surface area (Å²) in [6.45, 7) is 1.30. The van der Waals surface area contributed by atoms with Crippen LogP contribution in [0, 0.1) is 0 Å². The number of nitrogens with zero attached hydrogens (tertiary/aromatic N) is 5. The molecule has 0 fully saturated rings. The highest BCUT2D eigenvalue weighted by Crippen LogP contribution is 2.30. The Labute approximate surface area is 181 Å². The predicted molar refractivity (Wildman–Crippen MR) is 97.5 cm³/mol. The van der Waals surface area contributed by atoms with Crippen molar-refractivity contribution < 1.29 is 40.4 Å². The maximum absolute atomic E-state index is 13.0. The Morgan fingerprint density at radius 3 is 2.52 bits per heavy atom. The molecule has 33 heavy (non-hydrogen) atoms. The number of amides is 1. The number of rotatable bonds is 7. The topological polar surface area (TPSA) is 108 Å². The monoisotopic (exact) mass is 478 g/mol. The van der Waals surface area contributed by atoms with Crippen molar-refractivity contribution in [3.05, 3.63) is 47.4 Å². The lowest BCUT2D eigenvalue weighted by atomic mass is 10.2. The van der Waals surface area contributed by atoms with Gasteiger partial charge >= 0.3 is 12.4 Å². The number of carbonyl (C=O) groups excluding carboxylic acids is 1. The number of ether oxygens (including phenoxy) is 1. The van der Waals surface area contributed by atoms with E-state index in [-0.39, 0.29) is 36.1 Å². The van der Waals surface area contributed by atoms with Crippen LogP contribution >= 0.6 is 0 Å². The lowest BCUT2D eigenvalue weighted by molar-refractivity contribution is -0.142. The van der Waals surface area contributed by atoms with Gasteiger partial charge in [0, 0.05) is 24.9 Å². The number of pyridine rings is 1. The summed E-state index contributed by atoms with van der Waals surface area (Å²) in [6.07, 6.45) is -8.51. The van der Waals surface area contributed by atoms with Gasteiger partial charge in [-0.1, -0.05) is 5.16 Å². The quantitative estimate of drug-likeness (QED) is 0.518. The molecular formula is C18H16F6N6O3. The molecule has 1 unspecified atom stereocenters. The Morgan fingerprint density at radius 1 is 1.18 bits per heavy atom. The molecule has 0 spiro atoms. The van der Waals surface area contributed by atoms with E-state index < -0.39 is 35.7 Å². The lowest BCUT2D eigenvalue weighted by Crippen LogP contribution is -2.29. The van der Waals surface area contributed by atoms with Crippen molar-refractivity contribution in [2.75, 3.05) is 13.7 Å². The normalized spacial score (nSPS) is 13.2. The van der Waals surface area contributed by atoms with Crippen LogP contribution in [0.15, 0.2) is 28.9 Å². The number of alkyl halides is 6. The molecule has 3 aromatic rings. The van der Waals surface area contributed by atoms with E-state index in [1.807, 2.05) is 0 Å². The summed E-state index contributed by atoms with van der Waals surface area (Å²) < 4.78 is 88.2. The highest BCUT2D eigenvalue weighted by molar-refractivity contribution is 5.92. The predicted octanol–water partition coefficient (Wildman–Crippen LogP) is 3.50. The average molecular weight is 478 g/mol. The molecule has 0 aromatic carbocycles. The highest BCUT2D eigenvalue weighted by Gasteiger charge is 2.36. The van der Waals surface area contributed by atoms with Gasteiger partial charge in [0.25, 0.3) is 5.91 Å². The van der Waals surface area contributed by atoms with E-state index in [2.05, 4.69) is 25.5 Å². The molecule has 0 aliphatic heterocycles. The molecule has 3 rings (SSSR count). The molecular weight excluding hydrogens is 462 g/mol. The van der Waals surface area contributed by atoms with Gasteiger partial charge in [-0.25, -0.2) is 0 Å². The number of methoxy groups -OCH3 is 1. The van der Waals surface area contributed by atoms with Crippen molar-refractivity contribution in [1.82, 2.24) is 30.2 Å². The van der Waals surface area contributed by atoms with E-state index in [4.69, 9.17) is 9.26 Å². The summed E-state index contributed by atoms with van der Waals surface area (Å²) in [6, 6.07) is 1.57. The van der Waals surface area contributed by atoms with Crippen LogP contribution in [0.25, 0.3) is 11.4 Å². The van der Waals surface area contributed by atoms with Crippen LogP contribution in [-0.4, -0.2) is 44.5 Å². The van der Waals surface area contributed by atoms with Crippen molar-refractivity contribution in [1.29, 1.82) is 0 Å². The van der Waals surface area contributed by atoms with E-state index >= 15 is 0 Å². The smallest absolute Gasteiger partial charge is 0.383 e. The molecule has 0 radical (unpaired) electrons. The Morgan fingerprint density at radius 2 is 1.88 bits per heavy atom. The van der Waals surface area contributed by atoms with Crippen molar-refractivity contribution in [2.45, 2.75) is 31.9 Å². The molecule has 3 heterocycles. The second kappa shape index (κ2) is 9.17. The van der Waals surface area contributed by atoms with Gasteiger partial charge in [0.05, 0.1) is 13.2 Å². The fourth-order valence-corrected chi connectivity index (χ4v) is 2.67. The first-order valence-corrected chi connectivity index (χ1v) is 9.22. The summed E-state index contributed by atoms with van der Waals surface area (Å²) in [7, 11) is 1.34. The van der Waals surface area contributed by atoms with Crippen LogP contribution in [0.4, 0.5) is 26.3 Å². The van der Waals surface area contributed by atoms with Gasteiger partial charge in [0.1, 0.15) is 17.4 Å². The second-order valence-electron chi connectivity index (χ2n) is 6.71. The number of carbonyl (C=O) groups is 1. The Balaban J connectivity index is 1.79.